The monoisotopic (exact) mass is 274 g/mol. The summed E-state index contributed by atoms with van der Waals surface area (Å²) in [5, 5.41) is 0. The molecule has 2 atom stereocenters. The molecule has 1 unspecified atom stereocenters. The van der Waals surface area contributed by atoms with Crippen molar-refractivity contribution in [3.63, 3.8) is 0 Å². The Bertz CT molecular complexity index is 369. The van der Waals surface area contributed by atoms with Crippen LogP contribution in [-0.4, -0.2) is 48.7 Å². The molecule has 0 aromatic rings. The SMILES string of the molecule is CCO[S+]1C[C@H]2COC(C)(C)N2C=C1C(=O)OC. The molecule has 0 aromatic carbocycles. The molecule has 6 heteroatoms. The number of carbonyl (C=O) groups is 1. The van der Waals surface area contributed by atoms with E-state index in [9.17, 15) is 4.79 Å². The molecule has 18 heavy (non-hydrogen) atoms. The molecular formula is C12H20NO4S+. The third-order valence-corrected chi connectivity index (χ3v) is 5.11. The van der Waals surface area contributed by atoms with Crippen LogP contribution < -0.4 is 0 Å². The summed E-state index contributed by atoms with van der Waals surface area (Å²) in [6.07, 6.45) is 1.85. The van der Waals surface area contributed by atoms with Gasteiger partial charge >= 0.3 is 5.97 Å². The number of ether oxygens (including phenoxy) is 2. The van der Waals surface area contributed by atoms with E-state index in [2.05, 4.69) is 4.90 Å². The number of carbonyl (C=O) groups excluding carboxylic acids is 1. The molecule has 1 saturated heterocycles. The lowest BCUT2D eigenvalue weighted by molar-refractivity contribution is -0.135. The highest BCUT2D eigenvalue weighted by atomic mass is 32.2. The first kappa shape index (κ1) is 13.7. The minimum absolute atomic E-state index is 0.281. The number of hydrogen-bond acceptors (Lipinski definition) is 5. The molecule has 0 amide bonds. The Morgan fingerprint density at radius 1 is 1.67 bits per heavy atom. The molecule has 2 aliphatic rings. The maximum absolute atomic E-state index is 11.8. The average molecular weight is 274 g/mol. The summed E-state index contributed by atoms with van der Waals surface area (Å²) in [5.41, 5.74) is -0.369. The number of methoxy groups -OCH3 is 1. The lowest BCUT2D eigenvalue weighted by Crippen LogP contribution is -2.47. The second kappa shape index (κ2) is 5.11. The van der Waals surface area contributed by atoms with E-state index in [-0.39, 0.29) is 17.7 Å². The molecule has 0 radical (unpaired) electrons. The van der Waals surface area contributed by atoms with E-state index in [4.69, 9.17) is 13.7 Å². The van der Waals surface area contributed by atoms with Gasteiger partial charge in [-0.1, -0.05) is 0 Å². The Balaban J connectivity index is 2.28. The smallest absolute Gasteiger partial charge is 0.391 e. The van der Waals surface area contributed by atoms with Crippen molar-refractivity contribution >= 4 is 17.1 Å². The standard InChI is InChI=1S/C12H20NO4S/c1-5-17-18-8-9-7-16-12(2,3)13(9)6-10(18)11(14)15-4/h6,9H,5,7-8H2,1-4H3/q+1/t9-,18?/m1/s1. The highest BCUT2D eigenvalue weighted by molar-refractivity contribution is 7.97. The molecule has 5 nitrogen and oxygen atoms in total. The van der Waals surface area contributed by atoms with Crippen LogP contribution in [0.25, 0.3) is 0 Å². The summed E-state index contributed by atoms with van der Waals surface area (Å²) in [6, 6.07) is 0.281. The highest BCUT2D eigenvalue weighted by Crippen LogP contribution is 2.35. The Kier molecular flexibility index (Phi) is 3.89. The van der Waals surface area contributed by atoms with Crippen LogP contribution in [0.5, 0.6) is 0 Å². The fraction of sp³-hybridized carbons (Fsp3) is 0.750. The van der Waals surface area contributed by atoms with Crippen molar-refractivity contribution in [3.8, 4) is 0 Å². The normalized spacial score (nSPS) is 29.8. The molecule has 2 aliphatic heterocycles. The van der Waals surface area contributed by atoms with Crippen LogP contribution in [-0.2, 0) is 29.6 Å². The summed E-state index contributed by atoms with van der Waals surface area (Å²) in [6.45, 7) is 7.21. The van der Waals surface area contributed by atoms with Crippen LogP contribution in [0.15, 0.2) is 11.1 Å². The van der Waals surface area contributed by atoms with E-state index >= 15 is 0 Å². The van der Waals surface area contributed by atoms with Crippen molar-refractivity contribution in [1.82, 2.24) is 4.90 Å². The van der Waals surface area contributed by atoms with Crippen LogP contribution in [0.4, 0.5) is 0 Å². The minimum atomic E-state index is -0.491. The van der Waals surface area contributed by atoms with E-state index < -0.39 is 11.2 Å². The highest BCUT2D eigenvalue weighted by Gasteiger charge is 2.50. The van der Waals surface area contributed by atoms with Gasteiger partial charge < -0.3 is 14.4 Å². The topological polar surface area (TPSA) is 48.0 Å². The predicted molar refractivity (Wildman–Crippen MR) is 69.6 cm³/mol. The van der Waals surface area contributed by atoms with Gasteiger partial charge in [0.15, 0.2) is 16.9 Å². The maximum atomic E-state index is 11.8. The van der Waals surface area contributed by atoms with Gasteiger partial charge in [-0.25, -0.2) is 4.79 Å². The van der Waals surface area contributed by atoms with E-state index in [0.717, 1.165) is 5.75 Å². The van der Waals surface area contributed by atoms with Gasteiger partial charge in [-0.15, -0.1) is 0 Å². The summed E-state index contributed by atoms with van der Waals surface area (Å²) in [4.78, 5) is 14.5. The molecule has 102 valence electrons. The molecule has 2 heterocycles. The summed E-state index contributed by atoms with van der Waals surface area (Å²) in [7, 11) is 1.40. The number of fused-ring (bicyclic) bond motifs is 1. The van der Waals surface area contributed by atoms with Crippen LogP contribution in [0.3, 0.4) is 0 Å². The number of hydrogen-bond donors (Lipinski definition) is 0. The second-order valence-corrected chi connectivity index (χ2v) is 6.42. The molecule has 1 fully saturated rings. The summed E-state index contributed by atoms with van der Waals surface area (Å²) >= 11 is -0.491. The Hall–Kier alpha value is -0.720. The minimum Gasteiger partial charge on any atom is -0.462 e. The Morgan fingerprint density at radius 3 is 3.00 bits per heavy atom. The molecule has 0 spiro atoms. The summed E-state index contributed by atoms with van der Waals surface area (Å²) < 4.78 is 16.3. The van der Waals surface area contributed by atoms with E-state index in [1.807, 2.05) is 27.0 Å². The van der Waals surface area contributed by atoms with Crippen molar-refractivity contribution in [2.24, 2.45) is 0 Å². The van der Waals surface area contributed by atoms with Crippen molar-refractivity contribution < 1.29 is 18.5 Å². The first-order valence-electron chi connectivity index (χ1n) is 6.06. The predicted octanol–water partition coefficient (Wildman–Crippen LogP) is 1.02. The van der Waals surface area contributed by atoms with Gasteiger partial charge in [0.25, 0.3) is 4.91 Å². The van der Waals surface area contributed by atoms with Crippen LogP contribution in [0, 0.1) is 0 Å². The van der Waals surface area contributed by atoms with Crippen LogP contribution in [0.1, 0.15) is 20.8 Å². The molecule has 2 rings (SSSR count). The van der Waals surface area contributed by atoms with Crippen molar-refractivity contribution in [2.75, 3.05) is 26.1 Å². The van der Waals surface area contributed by atoms with Gasteiger partial charge in [0, 0.05) is 0 Å². The quantitative estimate of drug-likeness (QED) is 0.568. The van der Waals surface area contributed by atoms with E-state index in [1.165, 1.54) is 7.11 Å². The lowest BCUT2D eigenvalue weighted by Gasteiger charge is -2.34. The maximum Gasteiger partial charge on any atom is 0.391 e. The zero-order valence-electron chi connectivity index (χ0n) is 11.3. The van der Waals surface area contributed by atoms with Crippen LogP contribution in [0.2, 0.25) is 0 Å². The first-order chi connectivity index (χ1) is 8.49. The zero-order chi connectivity index (χ0) is 13.3. The zero-order valence-corrected chi connectivity index (χ0v) is 12.1. The number of esters is 1. The molecule has 0 aliphatic carbocycles. The molecule has 0 aromatic heterocycles. The largest absolute Gasteiger partial charge is 0.462 e. The lowest BCUT2D eigenvalue weighted by atomic mass is 10.2. The van der Waals surface area contributed by atoms with Gasteiger partial charge in [0.05, 0.1) is 19.9 Å². The van der Waals surface area contributed by atoms with Gasteiger partial charge in [-0.05, 0) is 20.8 Å². The van der Waals surface area contributed by atoms with E-state index in [1.54, 1.807) is 0 Å². The third kappa shape index (κ3) is 2.37. The van der Waals surface area contributed by atoms with Gasteiger partial charge in [0.1, 0.15) is 18.4 Å². The fourth-order valence-corrected chi connectivity index (χ4v) is 4.03. The Labute approximate surface area is 111 Å². The summed E-state index contributed by atoms with van der Waals surface area (Å²) in [5.74, 6) is 0.478. The average Bonchev–Trinajstić information content (AvgIpc) is 2.63. The molecular weight excluding hydrogens is 254 g/mol. The van der Waals surface area contributed by atoms with Crippen LogP contribution >= 0.6 is 0 Å². The Morgan fingerprint density at radius 2 is 2.39 bits per heavy atom. The van der Waals surface area contributed by atoms with Crippen molar-refractivity contribution in [3.05, 3.63) is 11.1 Å². The fourth-order valence-electron chi connectivity index (χ4n) is 2.23. The van der Waals surface area contributed by atoms with Gasteiger partial charge in [-0.2, -0.15) is 4.18 Å². The van der Waals surface area contributed by atoms with Crippen molar-refractivity contribution in [2.45, 2.75) is 32.5 Å². The van der Waals surface area contributed by atoms with Gasteiger partial charge in [0.2, 0.25) is 0 Å². The molecule has 0 saturated carbocycles. The molecule has 0 bridgehead atoms. The van der Waals surface area contributed by atoms with Gasteiger partial charge in [-0.3, -0.25) is 0 Å². The van der Waals surface area contributed by atoms with Crippen molar-refractivity contribution in [1.29, 1.82) is 0 Å². The first-order valence-corrected chi connectivity index (χ1v) is 7.38. The molecule has 0 N–H and O–H groups in total. The number of nitrogens with zero attached hydrogens (tertiary/aromatic N) is 1. The second-order valence-electron chi connectivity index (χ2n) is 4.72. The number of rotatable bonds is 3. The van der Waals surface area contributed by atoms with E-state index in [0.29, 0.717) is 18.1 Å². The third-order valence-electron chi connectivity index (χ3n) is 3.14.